The van der Waals surface area contributed by atoms with E-state index in [4.69, 9.17) is 15.5 Å². The Balaban J connectivity index is 1.65. The number of hydrogen-bond donors (Lipinski definition) is 1. The van der Waals surface area contributed by atoms with Gasteiger partial charge in [0.1, 0.15) is 16.9 Å². The lowest BCUT2D eigenvalue weighted by atomic mass is 9.99. The second-order valence-corrected chi connectivity index (χ2v) is 8.87. The van der Waals surface area contributed by atoms with Gasteiger partial charge in [-0.15, -0.1) is 0 Å². The molecular formula is C25H30N6O2. The van der Waals surface area contributed by atoms with Crippen molar-refractivity contribution in [1.29, 1.82) is 0 Å². The zero-order chi connectivity index (χ0) is 23.3. The molecule has 1 saturated heterocycles. The fourth-order valence-corrected chi connectivity index (χ4v) is 4.99. The third kappa shape index (κ3) is 3.45. The van der Waals surface area contributed by atoms with Crippen molar-refractivity contribution in [3.05, 3.63) is 42.1 Å². The van der Waals surface area contributed by atoms with Crippen LogP contribution in [-0.2, 0) is 13.6 Å². The number of nitrogens with zero attached hydrogens (tertiary/aromatic N) is 5. The van der Waals surface area contributed by atoms with E-state index in [1.54, 1.807) is 7.11 Å². The predicted molar refractivity (Wildman–Crippen MR) is 129 cm³/mol. The van der Waals surface area contributed by atoms with E-state index < -0.39 is 0 Å². The predicted octanol–water partition coefficient (Wildman–Crippen LogP) is 3.57. The van der Waals surface area contributed by atoms with E-state index in [2.05, 4.69) is 35.5 Å². The Kier molecular flexibility index (Phi) is 5.32. The molecule has 33 heavy (non-hydrogen) atoms. The van der Waals surface area contributed by atoms with Crippen LogP contribution in [0.5, 0.6) is 5.75 Å². The highest BCUT2D eigenvalue weighted by atomic mass is 16.5. The topological polar surface area (TPSA) is 91.2 Å². The first-order chi connectivity index (χ1) is 15.9. The highest BCUT2D eigenvalue weighted by Gasteiger charge is 2.29. The SMILES string of the molecule is CCn1c(-c2nc3cc(C(=O)N4CC(N)CCC4C)cc(OC)c3n2C)cc2cccnc21. The lowest BCUT2D eigenvalue weighted by Gasteiger charge is -2.36. The zero-order valence-electron chi connectivity index (χ0n) is 19.6. The molecule has 172 valence electrons. The molecule has 4 aromatic rings. The summed E-state index contributed by atoms with van der Waals surface area (Å²) in [6, 6.07) is 9.97. The number of rotatable bonds is 4. The second kappa shape index (κ2) is 8.19. The van der Waals surface area contributed by atoms with Crippen molar-refractivity contribution in [2.24, 2.45) is 12.8 Å². The van der Waals surface area contributed by atoms with Crippen LogP contribution in [0.3, 0.4) is 0 Å². The molecule has 0 aliphatic carbocycles. The van der Waals surface area contributed by atoms with Crippen molar-refractivity contribution >= 4 is 28.0 Å². The fourth-order valence-electron chi connectivity index (χ4n) is 4.99. The van der Waals surface area contributed by atoms with Crippen molar-refractivity contribution < 1.29 is 9.53 Å². The fraction of sp³-hybridized carbons (Fsp3) is 0.400. The number of aromatic nitrogens is 4. The van der Waals surface area contributed by atoms with Gasteiger partial charge < -0.3 is 24.5 Å². The van der Waals surface area contributed by atoms with Gasteiger partial charge in [0.25, 0.3) is 5.91 Å². The maximum atomic E-state index is 13.4. The summed E-state index contributed by atoms with van der Waals surface area (Å²) in [6.45, 7) is 5.52. The van der Waals surface area contributed by atoms with Gasteiger partial charge in [-0.2, -0.15) is 0 Å². The van der Waals surface area contributed by atoms with Gasteiger partial charge in [-0.3, -0.25) is 4.79 Å². The number of carbonyl (C=O) groups excluding carboxylic acids is 1. The van der Waals surface area contributed by atoms with Gasteiger partial charge in [-0.05, 0) is 57.0 Å². The van der Waals surface area contributed by atoms with E-state index in [9.17, 15) is 4.79 Å². The lowest BCUT2D eigenvalue weighted by molar-refractivity contribution is 0.0612. The van der Waals surface area contributed by atoms with Crippen LogP contribution in [-0.4, -0.2) is 55.6 Å². The number of imidazole rings is 1. The van der Waals surface area contributed by atoms with Crippen molar-refractivity contribution in [2.75, 3.05) is 13.7 Å². The van der Waals surface area contributed by atoms with Crippen LogP contribution in [0.2, 0.25) is 0 Å². The van der Waals surface area contributed by atoms with Gasteiger partial charge >= 0.3 is 0 Å². The maximum absolute atomic E-state index is 13.4. The van der Waals surface area contributed by atoms with Crippen molar-refractivity contribution in [3.8, 4) is 17.3 Å². The number of benzene rings is 1. The van der Waals surface area contributed by atoms with E-state index >= 15 is 0 Å². The quantitative estimate of drug-likeness (QED) is 0.517. The summed E-state index contributed by atoms with van der Waals surface area (Å²) in [6.07, 6.45) is 3.66. The molecule has 1 fully saturated rings. The molecule has 1 aliphatic heterocycles. The van der Waals surface area contributed by atoms with E-state index in [1.807, 2.05) is 40.9 Å². The molecule has 0 saturated carbocycles. The Morgan fingerprint density at radius 2 is 2.09 bits per heavy atom. The number of piperidine rings is 1. The largest absolute Gasteiger partial charge is 0.494 e. The average Bonchev–Trinajstić information content (AvgIpc) is 3.36. The monoisotopic (exact) mass is 446 g/mol. The van der Waals surface area contributed by atoms with Crippen LogP contribution in [0.1, 0.15) is 37.0 Å². The van der Waals surface area contributed by atoms with Crippen molar-refractivity contribution in [3.63, 3.8) is 0 Å². The second-order valence-electron chi connectivity index (χ2n) is 8.87. The number of fused-ring (bicyclic) bond motifs is 2. The zero-order valence-corrected chi connectivity index (χ0v) is 19.6. The standard InChI is InChI=1S/C25H30N6O2/c1-5-30-20(12-16-7-6-10-27-23(16)30)24-28-19-11-17(13-21(33-4)22(19)29(24)3)25(32)31-14-18(26)9-8-15(31)2/h6-7,10-13,15,18H,5,8-9,14,26H2,1-4H3. The lowest BCUT2D eigenvalue weighted by Crippen LogP contribution is -2.50. The van der Waals surface area contributed by atoms with Crippen LogP contribution in [0.15, 0.2) is 36.5 Å². The molecule has 2 atom stereocenters. The molecule has 4 heterocycles. The van der Waals surface area contributed by atoms with Crippen LogP contribution in [0, 0.1) is 0 Å². The van der Waals surface area contributed by atoms with Crippen LogP contribution in [0.25, 0.3) is 33.6 Å². The summed E-state index contributed by atoms with van der Waals surface area (Å²) in [5.41, 5.74) is 10.2. The molecule has 1 aromatic carbocycles. The molecule has 0 radical (unpaired) electrons. The first-order valence-electron chi connectivity index (χ1n) is 11.5. The maximum Gasteiger partial charge on any atom is 0.254 e. The summed E-state index contributed by atoms with van der Waals surface area (Å²) >= 11 is 0. The Morgan fingerprint density at radius 1 is 1.27 bits per heavy atom. The summed E-state index contributed by atoms with van der Waals surface area (Å²) in [5.74, 6) is 1.40. The van der Waals surface area contributed by atoms with E-state index in [-0.39, 0.29) is 18.0 Å². The van der Waals surface area contributed by atoms with Gasteiger partial charge in [-0.25, -0.2) is 9.97 Å². The average molecular weight is 447 g/mol. The van der Waals surface area contributed by atoms with Gasteiger partial charge in [0.2, 0.25) is 0 Å². The first kappa shape index (κ1) is 21.5. The molecule has 1 aliphatic rings. The smallest absolute Gasteiger partial charge is 0.254 e. The number of amides is 1. The van der Waals surface area contributed by atoms with Crippen LogP contribution < -0.4 is 10.5 Å². The number of likely N-dealkylation sites (tertiary alicyclic amines) is 1. The highest BCUT2D eigenvalue weighted by molar-refractivity contribution is 6.00. The molecule has 0 bridgehead atoms. The van der Waals surface area contributed by atoms with Crippen LogP contribution in [0.4, 0.5) is 0 Å². The van der Waals surface area contributed by atoms with Crippen molar-refractivity contribution in [2.45, 2.75) is 45.3 Å². The summed E-state index contributed by atoms with van der Waals surface area (Å²) < 4.78 is 9.91. The minimum atomic E-state index is -0.0306. The number of aryl methyl sites for hydroxylation is 2. The minimum Gasteiger partial charge on any atom is -0.494 e. The summed E-state index contributed by atoms with van der Waals surface area (Å²) in [5, 5.41) is 1.07. The molecule has 5 rings (SSSR count). The van der Waals surface area contributed by atoms with Gasteiger partial charge in [0, 0.05) is 49.4 Å². The molecule has 2 N–H and O–H groups in total. The van der Waals surface area contributed by atoms with Gasteiger partial charge in [0.15, 0.2) is 5.82 Å². The van der Waals surface area contributed by atoms with Gasteiger partial charge in [0.05, 0.1) is 18.3 Å². The Hall–Kier alpha value is -3.39. The number of nitrogens with two attached hydrogens (primary N) is 1. The molecule has 8 nitrogen and oxygen atoms in total. The normalized spacial score (nSPS) is 18.9. The molecule has 3 aromatic heterocycles. The number of methoxy groups -OCH3 is 1. The van der Waals surface area contributed by atoms with E-state index in [0.717, 1.165) is 53.0 Å². The molecular weight excluding hydrogens is 416 g/mol. The number of carbonyl (C=O) groups is 1. The molecule has 8 heteroatoms. The Labute approximate surface area is 193 Å². The van der Waals surface area contributed by atoms with Crippen molar-refractivity contribution in [1.82, 2.24) is 24.0 Å². The van der Waals surface area contributed by atoms with Crippen LogP contribution >= 0.6 is 0 Å². The number of pyridine rings is 1. The van der Waals surface area contributed by atoms with Gasteiger partial charge in [-0.1, -0.05) is 0 Å². The Bertz CT molecular complexity index is 1350. The molecule has 2 unspecified atom stereocenters. The van der Waals surface area contributed by atoms with E-state index in [1.165, 1.54) is 0 Å². The third-order valence-corrected chi connectivity index (χ3v) is 6.78. The summed E-state index contributed by atoms with van der Waals surface area (Å²) in [7, 11) is 3.60. The minimum absolute atomic E-state index is 0.0156. The Morgan fingerprint density at radius 3 is 2.85 bits per heavy atom. The van der Waals surface area contributed by atoms with E-state index in [0.29, 0.717) is 17.9 Å². The highest BCUT2D eigenvalue weighted by Crippen LogP contribution is 2.34. The number of ether oxygens (including phenoxy) is 1. The third-order valence-electron chi connectivity index (χ3n) is 6.78. The first-order valence-corrected chi connectivity index (χ1v) is 11.5. The molecule has 0 spiro atoms. The molecule has 1 amide bonds. The number of hydrogen-bond acceptors (Lipinski definition) is 5. The summed E-state index contributed by atoms with van der Waals surface area (Å²) in [4.78, 5) is 24.8.